The third-order valence-electron chi connectivity index (χ3n) is 2.04. The fourth-order valence-corrected chi connectivity index (χ4v) is 1.33. The average molecular weight is 213 g/mol. The Bertz CT molecular complexity index is 275. The largest absolute Gasteiger partial charge is 0.383 e. The van der Waals surface area contributed by atoms with Crippen molar-refractivity contribution >= 4 is 5.95 Å². The predicted molar refractivity (Wildman–Crippen MR) is 59.1 cm³/mol. The molecule has 1 aromatic rings. The minimum Gasteiger partial charge on any atom is -0.383 e. The van der Waals surface area contributed by atoms with Gasteiger partial charge < -0.3 is 19.4 Å². The first-order chi connectivity index (χ1) is 7.27. The predicted octanol–water partition coefficient (Wildman–Crippen LogP) is 0.976. The van der Waals surface area contributed by atoms with Crippen LogP contribution in [0.4, 0.5) is 5.95 Å². The van der Waals surface area contributed by atoms with Crippen LogP contribution in [0.2, 0.25) is 0 Å². The Morgan fingerprint density at radius 3 is 2.93 bits per heavy atom. The summed E-state index contributed by atoms with van der Waals surface area (Å²) < 4.78 is 12.1. The van der Waals surface area contributed by atoms with Crippen molar-refractivity contribution in [2.24, 2.45) is 0 Å². The number of methoxy groups -OCH3 is 2. The number of anilines is 1. The van der Waals surface area contributed by atoms with Gasteiger partial charge in [-0.15, -0.1) is 0 Å². The van der Waals surface area contributed by atoms with Gasteiger partial charge in [0.25, 0.3) is 0 Å². The van der Waals surface area contributed by atoms with E-state index in [9.17, 15) is 0 Å². The lowest BCUT2D eigenvalue weighted by molar-refractivity contribution is 0.185. The summed E-state index contributed by atoms with van der Waals surface area (Å²) in [5.74, 6) is 0.858. The second-order valence-corrected chi connectivity index (χ2v) is 3.44. The third kappa shape index (κ3) is 3.89. The van der Waals surface area contributed by atoms with Crippen molar-refractivity contribution in [3.63, 3.8) is 0 Å². The maximum atomic E-state index is 5.05. The molecule has 0 aliphatic carbocycles. The summed E-state index contributed by atoms with van der Waals surface area (Å²) in [5.41, 5.74) is 0. The van der Waals surface area contributed by atoms with Crippen LogP contribution in [0, 0.1) is 0 Å². The molecular weight excluding hydrogens is 194 g/mol. The second-order valence-electron chi connectivity index (χ2n) is 3.44. The SMILES string of the molecule is COCCn1ccnc1NC(C)COC. The number of hydrogen-bond donors (Lipinski definition) is 1. The molecule has 86 valence electrons. The quantitative estimate of drug-likeness (QED) is 0.733. The lowest BCUT2D eigenvalue weighted by atomic mass is 10.4. The van der Waals surface area contributed by atoms with Crippen LogP contribution in [0.3, 0.4) is 0 Å². The summed E-state index contributed by atoms with van der Waals surface area (Å²) in [5, 5.41) is 3.27. The summed E-state index contributed by atoms with van der Waals surface area (Å²) >= 11 is 0. The van der Waals surface area contributed by atoms with Gasteiger partial charge in [0.1, 0.15) is 0 Å². The number of ether oxygens (including phenoxy) is 2. The Morgan fingerprint density at radius 2 is 2.27 bits per heavy atom. The highest BCUT2D eigenvalue weighted by atomic mass is 16.5. The van der Waals surface area contributed by atoms with E-state index >= 15 is 0 Å². The van der Waals surface area contributed by atoms with E-state index in [1.165, 1.54) is 0 Å². The van der Waals surface area contributed by atoms with Crippen LogP contribution in [0.5, 0.6) is 0 Å². The molecule has 5 heteroatoms. The van der Waals surface area contributed by atoms with Crippen molar-refractivity contribution < 1.29 is 9.47 Å². The molecule has 5 nitrogen and oxygen atoms in total. The van der Waals surface area contributed by atoms with Gasteiger partial charge in [0, 0.05) is 39.2 Å². The summed E-state index contributed by atoms with van der Waals surface area (Å²) in [6.45, 7) is 4.21. The van der Waals surface area contributed by atoms with Gasteiger partial charge in [0.2, 0.25) is 5.95 Å². The molecule has 1 heterocycles. The number of nitrogens with zero attached hydrogens (tertiary/aromatic N) is 2. The molecule has 1 unspecified atom stereocenters. The van der Waals surface area contributed by atoms with Gasteiger partial charge in [0.15, 0.2) is 0 Å². The van der Waals surface area contributed by atoms with Gasteiger partial charge in [0.05, 0.1) is 13.2 Å². The summed E-state index contributed by atoms with van der Waals surface area (Å²) in [6, 6.07) is 0.249. The zero-order valence-electron chi connectivity index (χ0n) is 9.56. The molecule has 1 rings (SSSR count). The number of imidazole rings is 1. The zero-order chi connectivity index (χ0) is 11.1. The zero-order valence-corrected chi connectivity index (χ0v) is 9.56. The smallest absolute Gasteiger partial charge is 0.203 e. The second kappa shape index (κ2) is 6.42. The van der Waals surface area contributed by atoms with Crippen molar-refractivity contribution in [1.82, 2.24) is 9.55 Å². The highest BCUT2D eigenvalue weighted by Gasteiger charge is 2.06. The molecule has 0 aliphatic rings. The Labute approximate surface area is 90.4 Å². The van der Waals surface area contributed by atoms with Gasteiger partial charge in [-0.1, -0.05) is 0 Å². The number of rotatable bonds is 7. The van der Waals surface area contributed by atoms with Crippen LogP contribution in [-0.4, -0.2) is 43.0 Å². The van der Waals surface area contributed by atoms with Crippen LogP contribution >= 0.6 is 0 Å². The Hall–Kier alpha value is -1.07. The summed E-state index contributed by atoms with van der Waals surface area (Å²) in [7, 11) is 3.38. The molecule has 0 spiro atoms. The topological polar surface area (TPSA) is 48.3 Å². The maximum Gasteiger partial charge on any atom is 0.203 e. The number of hydrogen-bond acceptors (Lipinski definition) is 4. The fraction of sp³-hybridized carbons (Fsp3) is 0.700. The van der Waals surface area contributed by atoms with Crippen LogP contribution in [0.25, 0.3) is 0 Å². The molecule has 0 bridgehead atoms. The molecule has 0 aliphatic heterocycles. The van der Waals surface area contributed by atoms with Crippen molar-refractivity contribution in [3.05, 3.63) is 12.4 Å². The first-order valence-electron chi connectivity index (χ1n) is 5.03. The molecule has 15 heavy (non-hydrogen) atoms. The molecule has 0 aromatic carbocycles. The molecule has 1 aromatic heterocycles. The molecule has 1 atom stereocenters. The Balaban J connectivity index is 2.48. The van der Waals surface area contributed by atoms with E-state index < -0.39 is 0 Å². The van der Waals surface area contributed by atoms with E-state index in [4.69, 9.17) is 9.47 Å². The van der Waals surface area contributed by atoms with E-state index in [1.54, 1.807) is 20.4 Å². The van der Waals surface area contributed by atoms with Crippen molar-refractivity contribution in [2.45, 2.75) is 19.5 Å². The van der Waals surface area contributed by atoms with E-state index in [-0.39, 0.29) is 6.04 Å². The van der Waals surface area contributed by atoms with E-state index in [0.29, 0.717) is 13.2 Å². The molecule has 0 amide bonds. The normalized spacial score (nSPS) is 12.7. The third-order valence-corrected chi connectivity index (χ3v) is 2.04. The van der Waals surface area contributed by atoms with Gasteiger partial charge in [-0.05, 0) is 6.92 Å². The van der Waals surface area contributed by atoms with Crippen LogP contribution in [0.1, 0.15) is 6.92 Å². The lowest BCUT2D eigenvalue weighted by Gasteiger charge is -2.14. The van der Waals surface area contributed by atoms with Crippen LogP contribution in [-0.2, 0) is 16.0 Å². The van der Waals surface area contributed by atoms with E-state index in [0.717, 1.165) is 12.5 Å². The average Bonchev–Trinajstić information content (AvgIpc) is 2.63. The molecular formula is C10H19N3O2. The molecule has 0 saturated heterocycles. The molecule has 1 N–H and O–H groups in total. The van der Waals surface area contributed by atoms with Crippen LogP contribution in [0.15, 0.2) is 12.4 Å². The molecule has 0 fully saturated rings. The highest BCUT2D eigenvalue weighted by molar-refractivity contribution is 5.27. The van der Waals surface area contributed by atoms with E-state index in [1.807, 2.05) is 10.8 Å². The van der Waals surface area contributed by atoms with Gasteiger partial charge >= 0.3 is 0 Å². The van der Waals surface area contributed by atoms with Gasteiger partial charge in [-0.3, -0.25) is 0 Å². The van der Waals surface area contributed by atoms with E-state index in [2.05, 4.69) is 17.2 Å². The minimum atomic E-state index is 0.249. The summed E-state index contributed by atoms with van der Waals surface area (Å²) in [6.07, 6.45) is 3.71. The Kier molecular flexibility index (Phi) is 5.14. The van der Waals surface area contributed by atoms with Crippen molar-refractivity contribution in [2.75, 3.05) is 32.8 Å². The lowest BCUT2D eigenvalue weighted by Crippen LogP contribution is -2.23. The maximum absolute atomic E-state index is 5.05. The first-order valence-corrected chi connectivity index (χ1v) is 5.03. The van der Waals surface area contributed by atoms with Crippen molar-refractivity contribution in [3.8, 4) is 0 Å². The monoisotopic (exact) mass is 213 g/mol. The van der Waals surface area contributed by atoms with Crippen molar-refractivity contribution in [1.29, 1.82) is 0 Å². The first kappa shape index (κ1) is 12.0. The standard InChI is InChI=1S/C10H19N3O2/c1-9(8-15-3)12-10-11-4-5-13(10)6-7-14-2/h4-5,9H,6-8H2,1-3H3,(H,11,12). The number of aromatic nitrogens is 2. The molecule has 0 saturated carbocycles. The number of nitrogens with one attached hydrogen (secondary N) is 1. The summed E-state index contributed by atoms with van der Waals surface area (Å²) in [4.78, 5) is 4.23. The van der Waals surface area contributed by atoms with Gasteiger partial charge in [-0.25, -0.2) is 4.98 Å². The highest BCUT2D eigenvalue weighted by Crippen LogP contribution is 2.05. The van der Waals surface area contributed by atoms with Crippen LogP contribution < -0.4 is 5.32 Å². The Morgan fingerprint density at radius 1 is 1.47 bits per heavy atom. The molecule has 0 radical (unpaired) electrons. The van der Waals surface area contributed by atoms with Gasteiger partial charge in [-0.2, -0.15) is 0 Å². The fourth-order valence-electron chi connectivity index (χ4n) is 1.33. The minimum absolute atomic E-state index is 0.249.